The summed E-state index contributed by atoms with van der Waals surface area (Å²) in [6, 6.07) is 14.1. The third kappa shape index (κ3) is 17.9. The summed E-state index contributed by atoms with van der Waals surface area (Å²) in [5, 5.41) is 58.9. The monoisotopic (exact) mass is 700 g/mol. The highest BCUT2D eigenvalue weighted by Crippen LogP contribution is 2.14. The molecule has 0 aliphatic carbocycles. The lowest BCUT2D eigenvalue weighted by Gasteiger charge is -2.23. The minimum Gasteiger partial charge on any atom is -0.479 e. The van der Waals surface area contributed by atoms with Gasteiger partial charge in [-0.2, -0.15) is 9.98 Å². The highest BCUT2D eigenvalue weighted by atomic mass is 35.5. The van der Waals surface area contributed by atoms with Gasteiger partial charge in [-0.3, -0.25) is 9.98 Å². The van der Waals surface area contributed by atoms with Crippen LogP contribution in [0.2, 0.25) is 10.0 Å². The van der Waals surface area contributed by atoms with Gasteiger partial charge in [0.05, 0.1) is 6.61 Å². The number of aliphatic imine (C=N–C) groups is 4. The average Bonchev–Trinajstić information content (AvgIpc) is 3.03. The van der Waals surface area contributed by atoms with Gasteiger partial charge in [0.1, 0.15) is 18.3 Å². The molecule has 0 radical (unpaired) electrons. The van der Waals surface area contributed by atoms with Crippen LogP contribution in [0.4, 0.5) is 11.4 Å². The molecule has 0 saturated carbocycles. The van der Waals surface area contributed by atoms with E-state index in [-0.39, 0.29) is 23.8 Å². The fourth-order valence-corrected chi connectivity index (χ4v) is 3.62. The Kier molecular flexibility index (Phi) is 19.4. The molecule has 47 heavy (non-hydrogen) atoms. The number of nitrogens with two attached hydrogens (primary N) is 4. The molecule has 0 aliphatic heterocycles. The van der Waals surface area contributed by atoms with E-state index in [4.69, 9.17) is 76.8 Å². The molecule has 4 atom stereocenters. The van der Waals surface area contributed by atoms with Crippen LogP contribution in [0.1, 0.15) is 25.7 Å². The van der Waals surface area contributed by atoms with Crippen molar-refractivity contribution in [3.63, 3.8) is 0 Å². The van der Waals surface area contributed by atoms with Gasteiger partial charge in [-0.05, 0) is 61.4 Å². The van der Waals surface area contributed by atoms with Crippen molar-refractivity contribution in [3.05, 3.63) is 58.6 Å². The van der Waals surface area contributed by atoms with E-state index in [0.717, 1.165) is 37.1 Å². The Hall–Kier alpha value is -4.23. The number of aliphatic carboxylic acids is 1. The number of nitrogens with zero attached hydrogens (tertiary/aromatic N) is 4. The lowest BCUT2D eigenvalue weighted by molar-refractivity contribution is -0.164. The van der Waals surface area contributed by atoms with E-state index in [1.807, 2.05) is 0 Å². The number of aliphatic hydroxyl groups excluding tert-OH is 5. The zero-order valence-electron chi connectivity index (χ0n) is 25.3. The van der Waals surface area contributed by atoms with Crippen molar-refractivity contribution in [1.82, 2.24) is 0 Å². The Balaban J connectivity index is 0.000000716. The van der Waals surface area contributed by atoms with Crippen molar-refractivity contribution in [2.24, 2.45) is 42.9 Å². The third-order valence-corrected chi connectivity index (χ3v) is 6.33. The number of carboxylic acid groups (broad SMARTS) is 1. The van der Waals surface area contributed by atoms with Crippen LogP contribution in [-0.2, 0) is 4.79 Å². The molecular formula is C28H42Cl2N10O7. The number of aliphatic hydroxyl groups is 5. The van der Waals surface area contributed by atoms with E-state index in [1.54, 1.807) is 48.5 Å². The highest BCUT2D eigenvalue weighted by Gasteiger charge is 2.33. The summed E-state index contributed by atoms with van der Waals surface area (Å²) in [5.41, 5.74) is 24.8. The minimum absolute atomic E-state index is 0.124. The average molecular weight is 702 g/mol. The van der Waals surface area contributed by atoms with Crippen LogP contribution in [0, 0.1) is 0 Å². The predicted molar refractivity (Wildman–Crippen MR) is 184 cm³/mol. The molecule has 2 aromatic rings. The van der Waals surface area contributed by atoms with Gasteiger partial charge in [0.25, 0.3) is 0 Å². The summed E-state index contributed by atoms with van der Waals surface area (Å²) < 4.78 is 0. The fraction of sp³-hybridized carbons (Fsp3) is 0.393. The molecular weight excluding hydrogens is 659 g/mol. The number of carbonyl (C=O) groups is 1. The Morgan fingerprint density at radius 2 is 1.06 bits per heavy atom. The Labute approximate surface area is 281 Å². The van der Waals surface area contributed by atoms with E-state index in [1.165, 1.54) is 0 Å². The number of guanidine groups is 4. The van der Waals surface area contributed by atoms with Crippen molar-refractivity contribution in [2.45, 2.75) is 50.1 Å². The predicted octanol–water partition coefficient (Wildman–Crippen LogP) is -0.156. The zero-order chi connectivity index (χ0) is 35.4. The van der Waals surface area contributed by atoms with Crippen molar-refractivity contribution < 1.29 is 35.4 Å². The first-order valence-corrected chi connectivity index (χ1v) is 14.9. The number of nitrogens with one attached hydrogen (secondary N) is 2. The molecule has 4 unspecified atom stereocenters. The number of carboxylic acids is 1. The van der Waals surface area contributed by atoms with Gasteiger partial charge in [-0.15, -0.1) is 0 Å². The van der Waals surface area contributed by atoms with Crippen molar-refractivity contribution >= 4 is 64.4 Å². The maximum absolute atomic E-state index is 10.1. The Morgan fingerprint density at radius 1 is 0.681 bits per heavy atom. The number of anilines is 2. The number of hydrogen-bond acceptors (Lipinski definition) is 8. The Bertz CT molecular complexity index is 1260. The van der Waals surface area contributed by atoms with E-state index in [2.05, 4.69) is 30.6 Å². The van der Waals surface area contributed by atoms with Crippen molar-refractivity contribution in [2.75, 3.05) is 30.3 Å². The first-order chi connectivity index (χ1) is 22.2. The lowest BCUT2D eigenvalue weighted by Crippen LogP contribution is -2.48. The van der Waals surface area contributed by atoms with E-state index >= 15 is 0 Å². The Morgan fingerprint density at radius 3 is 1.40 bits per heavy atom. The van der Waals surface area contributed by atoms with Gasteiger partial charge in [-0.1, -0.05) is 36.0 Å². The first-order valence-electron chi connectivity index (χ1n) is 14.1. The summed E-state index contributed by atoms with van der Waals surface area (Å²) in [4.78, 5) is 26.6. The second-order valence-electron chi connectivity index (χ2n) is 9.67. The van der Waals surface area contributed by atoms with Gasteiger partial charge < -0.3 is 64.2 Å². The smallest absolute Gasteiger partial charge is 0.335 e. The van der Waals surface area contributed by atoms with E-state index in [0.29, 0.717) is 23.1 Å². The summed E-state index contributed by atoms with van der Waals surface area (Å²) in [7, 11) is 0. The maximum Gasteiger partial charge on any atom is 0.335 e. The quantitative estimate of drug-likeness (QED) is 0.0693. The molecule has 17 nitrogen and oxygen atoms in total. The van der Waals surface area contributed by atoms with Crippen LogP contribution in [0.25, 0.3) is 0 Å². The molecule has 0 fully saturated rings. The maximum atomic E-state index is 10.1. The number of benzene rings is 2. The molecule has 0 heterocycles. The van der Waals surface area contributed by atoms with Gasteiger partial charge in [0, 0.05) is 34.5 Å². The summed E-state index contributed by atoms with van der Waals surface area (Å²) in [5.74, 6) is -1.16. The zero-order valence-corrected chi connectivity index (χ0v) is 26.8. The molecule has 0 saturated heterocycles. The van der Waals surface area contributed by atoms with Gasteiger partial charge in [0.15, 0.2) is 6.10 Å². The molecule has 0 bridgehead atoms. The highest BCUT2D eigenvalue weighted by molar-refractivity contribution is 6.31. The summed E-state index contributed by atoms with van der Waals surface area (Å²) >= 11 is 11.7. The molecule has 0 amide bonds. The van der Waals surface area contributed by atoms with Crippen LogP contribution in [0.15, 0.2) is 68.5 Å². The van der Waals surface area contributed by atoms with E-state index in [9.17, 15) is 4.79 Å². The molecule has 0 aromatic heterocycles. The molecule has 0 spiro atoms. The fourth-order valence-electron chi connectivity index (χ4n) is 3.37. The molecule has 2 rings (SSSR count). The largest absolute Gasteiger partial charge is 0.479 e. The molecule has 16 N–H and O–H groups in total. The molecule has 19 heteroatoms. The van der Waals surface area contributed by atoms with E-state index < -0.39 is 37.0 Å². The summed E-state index contributed by atoms with van der Waals surface area (Å²) in [6.45, 7) is 0.281. The standard InChI is InChI=1S/C22H30Cl2N10.C6H12O7/c23-15-5-9-17(10-6-15)31-21(27)33-19(25)29-13-3-1-2-4-14-30-20(26)34-22(28)32-18-11-7-16(24)8-12-18;7-1-2(8)3(9)4(10)5(11)6(12)13/h5-12H,1-4,13-14H2,(H5,25,27,29,31,33)(H5,26,28,30,32,34);2-5,7-11H,1H2,(H,12,13). The number of unbranched alkanes of at least 4 members (excludes halogenated alkanes) is 3. The third-order valence-electron chi connectivity index (χ3n) is 5.82. The van der Waals surface area contributed by atoms with Crippen LogP contribution in [-0.4, -0.2) is 105 Å². The number of hydrogen-bond donors (Lipinski definition) is 12. The lowest BCUT2D eigenvalue weighted by atomic mass is 10.0. The van der Waals surface area contributed by atoms with Gasteiger partial charge in [0.2, 0.25) is 23.8 Å². The van der Waals surface area contributed by atoms with Crippen molar-refractivity contribution in [3.8, 4) is 0 Å². The second kappa shape index (κ2) is 22.3. The SMILES string of the molecule is NC(=NCCCCCCN=C(N)/N=C(\N)Nc1ccc(Cl)cc1)/N=C(\N)Nc1ccc(Cl)cc1.O=C(O)C(O)C(O)C(O)C(O)CO. The normalized spacial score (nSPS) is 15.1. The van der Waals surface area contributed by atoms with Crippen LogP contribution in [0.5, 0.6) is 0 Å². The van der Waals surface area contributed by atoms with Crippen LogP contribution < -0.4 is 33.6 Å². The topological polar surface area (TPSA) is 316 Å². The molecule has 260 valence electrons. The molecule has 2 aromatic carbocycles. The van der Waals surface area contributed by atoms with Gasteiger partial charge >= 0.3 is 5.97 Å². The minimum atomic E-state index is -2.20. The van der Waals surface area contributed by atoms with Crippen LogP contribution >= 0.6 is 23.2 Å². The van der Waals surface area contributed by atoms with Crippen LogP contribution in [0.3, 0.4) is 0 Å². The summed E-state index contributed by atoms with van der Waals surface area (Å²) in [6.07, 6.45) is -4.15. The van der Waals surface area contributed by atoms with Gasteiger partial charge in [-0.25, -0.2) is 4.79 Å². The first kappa shape index (κ1) is 40.8. The van der Waals surface area contributed by atoms with Crippen molar-refractivity contribution in [1.29, 1.82) is 0 Å². The molecule has 0 aliphatic rings. The number of rotatable bonds is 14. The second-order valence-corrected chi connectivity index (χ2v) is 10.5. The number of halogens is 2.